The zero-order chi connectivity index (χ0) is 33.0. The van der Waals surface area contributed by atoms with E-state index in [0.29, 0.717) is 17.6 Å². The fourth-order valence-corrected chi connectivity index (χ4v) is 7.35. The third-order valence-corrected chi connectivity index (χ3v) is 9.58. The molecule has 0 N–H and O–H groups in total. The molecule has 0 atom stereocenters. The summed E-state index contributed by atoms with van der Waals surface area (Å²) < 4.78 is 2.21. The smallest absolute Gasteiger partial charge is 0.238 e. The van der Waals surface area contributed by atoms with Crippen molar-refractivity contribution in [1.29, 1.82) is 0 Å². The molecule has 0 aliphatic carbocycles. The van der Waals surface area contributed by atoms with Gasteiger partial charge in [0.25, 0.3) is 0 Å². The zero-order valence-electron chi connectivity index (χ0n) is 27.0. The van der Waals surface area contributed by atoms with Crippen LogP contribution in [0.15, 0.2) is 176 Å². The van der Waals surface area contributed by atoms with E-state index >= 15 is 0 Å². The van der Waals surface area contributed by atoms with E-state index in [1.54, 1.807) is 0 Å². The minimum atomic E-state index is 0.581. The van der Waals surface area contributed by atoms with Crippen molar-refractivity contribution >= 4 is 38.9 Å². The largest absolute Gasteiger partial charge is 0.309 e. The Balaban J connectivity index is 1.30. The van der Waals surface area contributed by atoms with Gasteiger partial charge in [-0.25, -0.2) is 4.98 Å². The molecule has 5 nitrogen and oxygen atoms in total. The average Bonchev–Trinajstić information content (AvgIpc) is 3.46. The lowest BCUT2D eigenvalue weighted by molar-refractivity contribution is 0.953. The first-order valence-electron chi connectivity index (χ1n) is 16.8. The van der Waals surface area contributed by atoms with Crippen LogP contribution in [0.4, 0.5) is 17.1 Å². The zero-order valence-corrected chi connectivity index (χ0v) is 27.0. The molecule has 3 heterocycles. The molecule has 7 aromatic carbocycles. The second-order valence-corrected chi connectivity index (χ2v) is 12.5. The van der Waals surface area contributed by atoms with Crippen LogP contribution >= 0.6 is 0 Å². The van der Waals surface area contributed by atoms with Crippen molar-refractivity contribution in [3.05, 3.63) is 176 Å². The lowest BCUT2D eigenvalue weighted by Gasteiger charge is -2.27. The van der Waals surface area contributed by atoms with E-state index in [1.165, 1.54) is 11.1 Å². The number of para-hydroxylation sites is 4. The van der Waals surface area contributed by atoms with Crippen LogP contribution in [0, 0.1) is 0 Å². The molecule has 0 fully saturated rings. The average molecular weight is 640 g/mol. The van der Waals surface area contributed by atoms with Gasteiger partial charge in [0, 0.05) is 38.7 Å². The van der Waals surface area contributed by atoms with E-state index in [-0.39, 0.29) is 0 Å². The van der Waals surface area contributed by atoms with Crippen molar-refractivity contribution in [3.8, 4) is 51.0 Å². The van der Waals surface area contributed by atoms with Gasteiger partial charge in [-0.05, 0) is 53.6 Å². The molecule has 0 spiro atoms. The molecule has 50 heavy (non-hydrogen) atoms. The maximum absolute atomic E-state index is 5.17. The van der Waals surface area contributed by atoms with E-state index in [4.69, 9.17) is 15.0 Å². The van der Waals surface area contributed by atoms with Gasteiger partial charge in [-0.15, -0.1) is 0 Å². The lowest BCUT2D eigenvalue weighted by Crippen LogP contribution is -2.10. The van der Waals surface area contributed by atoms with E-state index in [9.17, 15) is 0 Å². The summed E-state index contributed by atoms with van der Waals surface area (Å²) in [5.41, 5.74) is 12.0. The van der Waals surface area contributed by atoms with Crippen LogP contribution in [0.1, 0.15) is 0 Å². The van der Waals surface area contributed by atoms with Crippen molar-refractivity contribution in [3.63, 3.8) is 0 Å². The maximum atomic E-state index is 5.17. The topological polar surface area (TPSA) is 46.8 Å². The van der Waals surface area contributed by atoms with Crippen LogP contribution in [0.25, 0.3) is 72.8 Å². The third kappa shape index (κ3) is 4.45. The fraction of sp³-hybridized carbons (Fsp3) is 0. The van der Waals surface area contributed by atoms with Crippen LogP contribution in [0.3, 0.4) is 0 Å². The predicted molar refractivity (Wildman–Crippen MR) is 204 cm³/mol. The van der Waals surface area contributed by atoms with Crippen molar-refractivity contribution < 1.29 is 0 Å². The summed E-state index contributed by atoms with van der Waals surface area (Å²) in [6.45, 7) is 0. The molecule has 0 radical (unpaired) electrons. The normalized spacial score (nSPS) is 12.0. The van der Waals surface area contributed by atoms with E-state index in [0.717, 1.165) is 61.1 Å². The SMILES string of the molecule is c1ccc(-c2nc(-c3ccccc3)nc(-n3c4ccccc4c4cc5c(cc43)-c3ccccc3N(c3ccccc3)c3ccccc3-5)n2)cc1. The number of benzene rings is 7. The number of hydrogen-bond donors (Lipinski definition) is 0. The quantitative estimate of drug-likeness (QED) is 0.192. The summed E-state index contributed by atoms with van der Waals surface area (Å²) in [5, 5.41) is 2.28. The summed E-state index contributed by atoms with van der Waals surface area (Å²) >= 11 is 0. The first kappa shape index (κ1) is 28.2. The third-order valence-electron chi connectivity index (χ3n) is 9.58. The van der Waals surface area contributed by atoms with Gasteiger partial charge in [-0.1, -0.05) is 133 Å². The number of anilines is 3. The summed E-state index contributed by atoms with van der Waals surface area (Å²) in [5.74, 6) is 1.85. The Labute approximate surface area is 289 Å². The number of nitrogens with zero attached hydrogens (tertiary/aromatic N) is 5. The Morgan fingerprint density at radius 1 is 0.360 bits per heavy atom. The second kappa shape index (κ2) is 11.4. The van der Waals surface area contributed by atoms with Gasteiger partial charge in [0.2, 0.25) is 5.95 Å². The van der Waals surface area contributed by atoms with E-state index < -0.39 is 0 Å². The molecule has 0 saturated heterocycles. The molecule has 5 heteroatoms. The molecule has 0 bridgehead atoms. The van der Waals surface area contributed by atoms with Crippen LogP contribution in [0.2, 0.25) is 0 Å². The Kier molecular flexibility index (Phi) is 6.42. The van der Waals surface area contributed by atoms with E-state index in [1.807, 2.05) is 60.7 Å². The molecule has 10 rings (SSSR count). The number of rotatable bonds is 4. The number of hydrogen-bond acceptors (Lipinski definition) is 4. The fourth-order valence-electron chi connectivity index (χ4n) is 7.35. The molecule has 1 aliphatic heterocycles. The standard InChI is InChI=1S/C45H29N5/c1-4-16-30(17-5-1)43-46-44(31-18-6-2-7-19-31)48-45(47-43)50-41-27-15-12-24-35(41)38-28-36-33-22-10-13-25-39(33)49(32-20-8-3-9-21-32)40-26-14-11-23-34(40)37(36)29-42(38)50/h1-29H. The highest BCUT2D eigenvalue weighted by atomic mass is 15.2. The van der Waals surface area contributed by atoms with Crippen molar-refractivity contribution in [2.45, 2.75) is 0 Å². The van der Waals surface area contributed by atoms with Crippen molar-refractivity contribution in [2.75, 3.05) is 4.90 Å². The number of fused-ring (bicyclic) bond motifs is 8. The first-order chi connectivity index (χ1) is 24.8. The highest BCUT2D eigenvalue weighted by Crippen LogP contribution is 2.52. The highest BCUT2D eigenvalue weighted by Gasteiger charge is 2.28. The van der Waals surface area contributed by atoms with Gasteiger partial charge in [0.15, 0.2) is 11.6 Å². The Morgan fingerprint density at radius 2 is 0.860 bits per heavy atom. The minimum Gasteiger partial charge on any atom is -0.309 e. The Bertz CT molecular complexity index is 2640. The molecule has 0 unspecified atom stereocenters. The molecular formula is C45H29N5. The Morgan fingerprint density at radius 3 is 1.48 bits per heavy atom. The van der Waals surface area contributed by atoms with Crippen LogP contribution in [-0.2, 0) is 0 Å². The molecule has 2 aromatic heterocycles. The monoisotopic (exact) mass is 639 g/mol. The highest BCUT2D eigenvalue weighted by molar-refractivity contribution is 6.14. The predicted octanol–water partition coefficient (Wildman–Crippen LogP) is 11.4. The molecule has 1 aliphatic rings. The summed E-state index contributed by atoms with van der Waals surface area (Å²) in [7, 11) is 0. The van der Waals surface area contributed by atoms with Crippen LogP contribution < -0.4 is 4.90 Å². The lowest BCUT2D eigenvalue weighted by atomic mass is 9.92. The van der Waals surface area contributed by atoms with Gasteiger partial charge in [-0.2, -0.15) is 9.97 Å². The maximum Gasteiger partial charge on any atom is 0.238 e. The van der Waals surface area contributed by atoms with Gasteiger partial charge in [0.1, 0.15) is 0 Å². The first-order valence-corrected chi connectivity index (χ1v) is 16.8. The van der Waals surface area contributed by atoms with Gasteiger partial charge in [-0.3, -0.25) is 4.57 Å². The second-order valence-electron chi connectivity index (χ2n) is 12.5. The molecule has 0 saturated carbocycles. The summed E-state index contributed by atoms with van der Waals surface area (Å²) in [6, 6.07) is 61.6. The molecular weight excluding hydrogens is 611 g/mol. The number of aromatic nitrogens is 4. The van der Waals surface area contributed by atoms with Crippen molar-refractivity contribution in [1.82, 2.24) is 19.5 Å². The molecule has 9 aromatic rings. The van der Waals surface area contributed by atoms with Crippen molar-refractivity contribution in [2.24, 2.45) is 0 Å². The van der Waals surface area contributed by atoms with Crippen LogP contribution in [0.5, 0.6) is 0 Å². The van der Waals surface area contributed by atoms with Crippen LogP contribution in [-0.4, -0.2) is 19.5 Å². The van der Waals surface area contributed by atoms with Gasteiger partial charge >= 0.3 is 0 Å². The molecule has 0 amide bonds. The molecule has 234 valence electrons. The summed E-state index contributed by atoms with van der Waals surface area (Å²) in [6.07, 6.45) is 0. The summed E-state index contributed by atoms with van der Waals surface area (Å²) in [4.78, 5) is 17.7. The van der Waals surface area contributed by atoms with Gasteiger partial charge in [0.05, 0.1) is 22.4 Å². The van der Waals surface area contributed by atoms with E-state index in [2.05, 4.69) is 125 Å². The minimum absolute atomic E-state index is 0.581. The van der Waals surface area contributed by atoms with Gasteiger partial charge < -0.3 is 4.90 Å². The Hall–Kier alpha value is -6.85.